The van der Waals surface area contributed by atoms with E-state index in [9.17, 15) is 9.59 Å². The number of hydrogen-bond acceptors (Lipinski definition) is 5. The SMILES string of the molecule is CCOC(=O)c1c(C)[nH]c(C(=O)CN2CCSC(C)C2C)c1C. The first kappa shape index (κ1) is 18.1. The molecule has 1 saturated heterocycles. The van der Waals surface area contributed by atoms with Gasteiger partial charge in [0.1, 0.15) is 0 Å². The Bertz CT molecular complexity index is 597. The number of H-pyrrole nitrogens is 1. The summed E-state index contributed by atoms with van der Waals surface area (Å²) in [6.45, 7) is 11.4. The van der Waals surface area contributed by atoms with Crippen molar-refractivity contribution in [3.63, 3.8) is 0 Å². The molecule has 1 aromatic heterocycles. The van der Waals surface area contributed by atoms with Crippen LogP contribution < -0.4 is 0 Å². The van der Waals surface area contributed by atoms with Crippen molar-refractivity contribution in [1.82, 2.24) is 9.88 Å². The van der Waals surface area contributed by atoms with Gasteiger partial charge in [0, 0.05) is 29.3 Å². The lowest BCUT2D eigenvalue weighted by molar-refractivity contribution is 0.0525. The van der Waals surface area contributed by atoms with E-state index in [-0.39, 0.29) is 11.8 Å². The Morgan fingerprint density at radius 1 is 1.35 bits per heavy atom. The van der Waals surface area contributed by atoms with Crippen LogP contribution in [0.3, 0.4) is 0 Å². The number of carbonyl (C=O) groups excluding carboxylic acids is 2. The third-order valence-corrected chi connectivity index (χ3v) is 5.90. The first-order valence-electron chi connectivity index (χ1n) is 8.11. The first-order valence-corrected chi connectivity index (χ1v) is 9.16. The molecule has 0 spiro atoms. The number of aromatic amines is 1. The zero-order chi connectivity index (χ0) is 17.1. The van der Waals surface area contributed by atoms with Gasteiger partial charge in [0.15, 0.2) is 5.78 Å². The second-order valence-electron chi connectivity index (χ2n) is 6.06. The first-order chi connectivity index (χ1) is 10.9. The van der Waals surface area contributed by atoms with Crippen LogP contribution in [0.25, 0.3) is 0 Å². The zero-order valence-electron chi connectivity index (χ0n) is 14.6. The second-order valence-corrected chi connectivity index (χ2v) is 7.54. The summed E-state index contributed by atoms with van der Waals surface area (Å²) >= 11 is 1.95. The average molecular weight is 338 g/mol. The van der Waals surface area contributed by atoms with Gasteiger partial charge in [-0.15, -0.1) is 0 Å². The number of carbonyl (C=O) groups is 2. The fraction of sp³-hybridized carbons (Fsp3) is 0.647. The maximum Gasteiger partial charge on any atom is 0.340 e. The lowest BCUT2D eigenvalue weighted by Gasteiger charge is -2.36. The maximum absolute atomic E-state index is 12.7. The van der Waals surface area contributed by atoms with E-state index in [4.69, 9.17) is 4.74 Å². The van der Waals surface area contributed by atoms with Crippen LogP contribution >= 0.6 is 11.8 Å². The Morgan fingerprint density at radius 2 is 2.04 bits per heavy atom. The van der Waals surface area contributed by atoms with E-state index in [0.717, 1.165) is 12.3 Å². The van der Waals surface area contributed by atoms with Gasteiger partial charge in [-0.25, -0.2) is 4.79 Å². The van der Waals surface area contributed by atoms with Crippen molar-refractivity contribution in [3.8, 4) is 0 Å². The number of rotatable bonds is 5. The average Bonchev–Trinajstić information content (AvgIpc) is 2.79. The fourth-order valence-corrected chi connectivity index (χ4v) is 4.18. The van der Waals surface area contributed by atoms with Gasteiger partial charge < -0.3 is 9.72 Å². The minimum atomic E-state index is -0.367. The molecule has 0 amide bonds. The van der Waals surface area contributed by atoms with E-state index in [1.54, 1.807) is 20.8 Å². The smallest absolute Gasteiger partial charge is 0.340 e. The molecule has 6 heteroatoms. The number of aromatic nitrogens is 1. The molecule has 1 fully saturated rings. The lowest BCUT2D eigenvalue weighted by Crippen LogP contribution is -2.46. The van der Waals surface area contributed by atoms with Crippen LogP contribution in [0, 0.1) is 13.8 Å². The third kappa shape index (κ3) is 3.80. The monoisotopic (exact) mass is 338 g/mol. The van der Waals surface area contributed by atoms with Crippen molar-refractivity contribution < 1.29 is 14.3 Å². The molecule has 23 heavy (non-hydrogen) atoms. The van der Waals surface area contributed by atoms with Gasteiger partial charge in [-0.1, -0.05) is 6.92 Å². The van der Waals surface area contributed by atoms with Gasteiger partial charge >= 0.3 is 5.97 Å². The molecule has 2 unspecified atom stereocenters. The van der Waals surface area contributed by atoms with Crippen molar-refractivity contribution in [1.29, 1.82) is 0 Å². The number of aryl methyl sites for hydroxylation is 1. The molecular weight excluding hydrogens is 312 g/mol. The largest absolute Gasteiger partial charge is 0.462 e. The van der Waals surface area contributed by atoms with Crippen LogP contribution in [0.15, 0.2) is 0 Å². The summed E-state index contributed by atoms with van der Waals surface area (Å²) in [4.78, 5) is 30.1. The van der Waals surface area contributed by atoms with Crippen molar-refractivity contribution in [2.75, 3.05) is 25.4 Å². The van der Waals surface area contributed by atoms with Crippen molar-refractivity contribution >= 4 is 23.5 Å². The minimum Gasteiger partial charge on any atom is -0.462 e. The predicted molar refractivity (Wildman–Crippen MR) is 93.5 cm³/mol. The van der Waals surface area contributed by atoms with E-state index in [1.165, 1.54) is 0 Å². The molecule has 5 nitrogen and oxygen atoms in total. The normalized spacial score (nSPS) is 22.1. The highest BCUT2D eigenvalue weighted by molar-refractivity contribution is 8.00. The minimum absolute atomic E-state index is 0.0344. The highest BCUT2D eigenvalue weighted by Crippen LogP contribution is 2.25. The summed E-state index contributed by atoms with van der Waals surface area (Å²) in [7, 11) is 0. The number of nitrogens with one attached hydrogen (secondary N) is 1. The molecule has 0 aromatic carbocycles. The van der Waals surface area contributed by atoms with E-state index < -0.39 is 0 Å². The number of ether oxygens (including phenoxy) is 1. The van der Waals surface area contributed by atoms with E-state index in [0.29, 0.717) is 47.0 Å². The van der Waals surface area contributed by atoms with E-state index in [2.05, 4.69) is 23.7 Å². The molecule has 0 radical (unpaired) electrons. The Balaban J connectivity index is 2.17. The van der Waals surface area contributed by atoms with Gasteiger partial charge in [0.25, 0.3) is 0 Å². The molecule has 0 bridgehead atoms. The molecular formula is C17H26N2O3S. The van der Waals surface area contributed by atoms with Crippen LogP contribution in [0.2, 0.25) is 0 Å². The molecule has 1 aliphatic rings. The molecule has 2 rings (SSSR count). The summed E-state index contributed by atoms with van der Waals surface area (Å²) in [6, 6.07) is 0.374. The van der Waals surface area contributed by atoms with Crippen LogP contribution in [0.1, 0.15) is 52.9 Å². The number of thioether (sulfide) groups is 1. The molecule has 2 atom stereocenters. The molecule has 2 heterocycles. The predicted octanol–water partition coefficient (Wildman–Crippen LogP) is 2.82. The maximum atomic E-state index is 12.7. The fourth-order valence-electron chi connectivity index (χ4n) is 3.02. The Hall–Kier alpha value is -1.27. The van der Waals surface area contributed by atoms with Gasteiger partial charge in [-0.05, 0) is 33.3 Å². The molecule has 0 saturated carbocycles. The molecule has 1 aliphatic heterocycles. The molecule has 0 aliphatic carbocycles. The van der Waals surface area contributed by atoms with Crippen LogP contribution in [-0.4, -0.2) is 58.4 Å². The summed E-state index contributed by atoms with van der Waals surface area (Å²) in [5, 5.41) is 0.526. The molecule has 1 aromatic rings. The summed E-state index contributed by atoms with van der Waals surface area (Å²) in [5.41, 5.74) is 2.41. The summed E-state index contributed by atoms with van der Waals surface area (Å²) in [5.74, 6) is 0.719. The van der Waals surface area contributed by atoms with Crippen molar-refractivity contribution in [2.45, 2.75) is 45.9 Å². The number of ketones is 1. The zero-order valence-corrected chi connectivity index (χ0v) is 15.4. The van der Waals surface area contributed by atoms with Gasteiger partial charge in [-0.2, -0.15) is 11.8 Å². The van der Waals surface area contributed by atoms with E-state index >= 15 is 0 Å². The standard InChI is InChI=1S/C17H26N2O3S/c1-6-22-17(21)15-10(2)16(18-11(15)3)14(20)9-19-7-8-23-13(5)12(19)4/h12-13,18H,6-9H2,1-5H3. The van der Waals surface area contributed by atoms with E-state index in [1.807, 2.05) is 11.8 Å². The van der Waals surface area contributed by atoms with Crippen LogP contribution in [0.5, 0.6) is 0 Å². The van der Waals surface area contributed by atoms with Crippen molar-refractivity contribution in [2.24, 2.45) is 0 Å². The van der Waals surface area contributed by atoms with Gasteiger partial charge in [-0.3, -0.25) is 9.69 Å². The third-order valence-electron chi connectivity index (χ3n) is 4.56. The van der Waals surface area contributed by atoms with Gasteiger partial charge in [0.2, 0.25) is 0 Å². The van der Waals surface area contributed by atoms with Gasteiger partial charge in [0.05, 0.1) is 24.4 Å². The second kappa shape index (κ2) is 7.53. The lowest BCUT2D eigenvalue weighted by atomic mass is 10.1. The highest BCUT2D eigenvalue weighted by atomic mass is 32.2. The number of hydrogen-bond donors (Lipinski definition) is 1. The number of esters is 1. The number of Topliss-reactive ketones (excluding diaryl/α,β-unsaturated/α-hetero) is 1. The topological polar surface area (TPSA) is 62.4 Å². The Morgan fingerprint density at radius 3 is 2.70 bits per heavy atom. The van der Waals surface area contributed by atoms with Crippen LogP contribution in [0.4, 0.5) is 0 Å². The quantitative estimate of drug-likeness (QED) is 0.661. The highest BCUT2D eigenvalue weighted by Gasteiger charge is 2.29. The molecule has 128 valence electrons. The number of nitrogens with zero attached hydrogens (tertiary/aromatic N) is 1. The Kier molecular flexibility index (Phi) is 5.92. The summed E-state index contributed by atoms with van der Waals surface area (Å²) in [6.07, 6.45) is 0. The van der Waals surface area contributed by atoms with Crippen LogP contribution in [-0.2, 0) is 4.74 Å². The molecule has 1 N–H and O–H groups in total. The van der Waals surface area contributed by atoms with Crippen molar-refractivity contribution in [3.05, 3.63) is 22.5 Å². The Labute approximate surface area is 142 Å². The summed E-state index contributed by atoms with van der Waals surface area (Å²) < 4.78 is 5.08.